The molecule has 2 atom stereocenters. The number of hydrogen-bond acceptors (Lipinski definition) is 3. The van der Waals surface area contributed by atoms with E-state index in [1.807, 2.05) is 11.8 Å². The van der Waals surface area contributed by atoms with Crippen LogP contribution >= 0.6 is 11.8 Å². The van der Waals surface area contributed by atoms with E-state index in [1.165, 1.54) is 6.42 Å². The Labute approximate surface area is 124 Å². The average molecular weight is 289 g/mol. The predicted molar refractivity (Wildman–Crippen MR) is 82.8 cm³/mol. The monoisotopic (exact) mass is 289 g/mol. The molecule has 1 aromatic rings. The molecule has 0 aromatic heterocycles. The summed E-state index contributed by atoms with van der Waals surface area (Å²) in [5.74, 6) is 5.38. The lowest BCUT2D eigenvalue weighted by atomic mass is 10.1. The number of hydrogen-bond donors (Lipinski definition) is 2. The van der Waals surface area contributed by atoms with Crippen LogP contribution in [0.3, 0.4) is 0 Å². The summed E-state index contributed by atoms with van der Waals surface area (Å²) in [5, 5.41) is 12.4. The number of aliphatic hydroxyl groups excluding tert-OH is 1. The predicted octanol–water partition coefficient (Wildman–Crippen LogP) is 2.04. The summed E-state index contributed by atoms with van der Waals surface area (Å²) in [4.78, 5) is 12.1. The van der Waals surface area contributed by atoms with E-state index < -0.39 is 0 Å². The van der Waals surface area contributed by atoms with Gasteiger partial charge in [0.05, 0.1) is 0 Å². The molecule has 1 saturated carbocycles. The first-order valence-corrected chi connectivity index (χ1v) is 8.05. The van der Waals surface area contributed by atoms with Crippen molar-refractivity contribution in [2.24, 2.45) is 0 Å². The molecule has 1 amide bonds. The number of benzene rings is 1. The lowest BCUT2D eigenvalue weighted by Crippen LogP contribution is -2.33. The molecular weight excluding hydrogens is 270 g/mol. The van der Waals surface area contributed by atoms with Gasteiger partial charge in [-0.15, -0.1) is 0 Å². The van der Waals surface area contributed by atoms with Crippen LogP contribution in [0.5, 0.6) is 0 Å². The number of nitrogens with one attached hydrogen (secondary N) is 1. The minimum absolute atomic E-state index is 0.0154. The standard InChI is InChI=1S/C16H19NO2S/c1-20-15-9-8-14(11-15)17-16(19)13-6-4-12(5-7-13)3-2-10-18/h4-7,14-15,18H,8-11H2,1H3,(H,17,19). The van der Waals surface area contributed by atoms with Crippen molar-refractivity contribution >= 4 is 17.7 Å². The van der Waals surface area contributed by atoms with Crippen LogP contribution in [0, 0.1) is 11.8 Å². The molecule has 2 N–H and O–H groups in total. The molecule has 0 spiro atoms. The van der Waals surface area contributed by atoms with Crippen molar-refractivity contribution in [3.8, 4) is 11.8 Å². The van der Waals surface area contributed by atoms with E-state index >= 15 is 0 Å². The van der Waals surface area contributed by atoms with E-state index in [0.717, 1.165) is 18.4 Å². The van der Waals surface area contributed by atoms with E-state index in [-0.39, 0.29) is 12.5 Å². The maximum absolute atomic E-state index is 12.1. The second-order valence-corrected chi connectivity index (χ2v) is 6.02. The van der Waals surface area contributed by atoms with Gasteiger partial charge in [-0.1, -0.05) is 11.8 Å². The minimum atomic E-state index is -0.152. The van der Waals surface area contributed by atoms with Crippen molar-refractivity contribution in [1.82, 2.24) is 5.32 Å². The fourth-order valence-electron chi connectivity index (χ4n) is 2.40. The number of rotatable bonds is 3. The summed E-state index contributed by atoms with van der Waals surface area (Å²) in [6.45, 7) is -0.152. The van der Waals surface area contributed by atoms with Crippen LogP contribution in [0.4, 0.5) is 0 Å². The number of aliphatic hydroxyl groups is 1. The first kappa shape index (κ1) is 15.0. The van der Waals surface area contributed by atoms with Crippen LogP contribution in [0.15, 0.2) is 24.3 Å². The van der Waals surface area contributed by atoms with Gasteiger partial charge < -0.3 is 10.4 Å². The Bertz CT molecular complexity index is 516. The second kappa shape index (κ2) is 7.37. The summed E-state index contributed by atoms with van der Waals surface area (Å²) in [6, 6.07) is 7.46. The minimum Gasteiger partial charge on any atom is -0.384 e. The molecule has 0 saturated heterocycles. The summed E-state index contributed by atoms with van der Waals surface area (Å²) < 4.78 is 0. The molecule has 0 bridgehead atoms. The van der Waals surface area contributed by atoms with Gasteiger partial charge in [0.2, 0.25) is 0 Å². The van der Waals surface area contributed by atoms with Crippen molar-refractivity contribution in [2.45, 2.75) is 30.6 Å². The zero-order valence-electron chi connectivity index (χ0n) is 11.6. The molecule has 2 rings (SSSR count). The Morgan fingerprint density at radius 2 is 2.15 bits per heavy atom. The summed E-state index contributed by atoms with van der Waals surface area (Å²) in [6.07, 6.45) is 5.44. The third kappa shape index (κ3) is 4.03. The van der Waals surface area contributed by atoms with E-state index in [1.54, 1.807) is 24.3 Å². The maximum Gasteiger partial charge on any atom is 0.251 e. The average Bonchev–Trinajstić information content (AvgIpc) is 2.93. The molecule has 0 aliphatic heterocycles. The highest BCUT2D eigenvalue weighted by molar-refractivity contribution is 7.99. The van der Waals surface area contributed by atoms with Gasteiger partial charge in [0.1, 0.15) is 6.61 Å². The largest absolute Gasteiger partial charge is 0.384 e. The van der Waals surface area contributed by atoms with E-state index in [9.17, 15) is 4.79 Å². The highest BCUT2D eigenvalue weighted by Crippen LogP contribution is 2.28. The molecule has 2 unspecified atom stereocenters. The topological polar surface area (TPSA) is 49.3 Å². The lowest BCUT2D eigenvalue weighted by molar-refractivity contribution is 0.0938. The molecule has 106 valence electrons. The van der Waals surface area contributed by atoms with Crippen molar-refractivity contribution in [3.05, 3.63) is 35.4 Å². The number of thioether (sulfide) groups is 1. The zero-order valence-corrected chi connectivity index (χ0v) is 12.4. The lowest BCUT2D eigenvalue weighted by Gasteiger charge is -2.12. The highest BCUT2D eigenvalue weighted by atomic mass is 32.2. The molecule has 1 aliphatic rings. The van der Waals surface area contributed by atoms with Gasteiger partial charge in [0.15, 0.2) is 0 Å². The van der Waals surface area contributed by atoms with E-state index in [0.29, 0.717) is 16.9 Å². The van der Waals surface area contributed by atoms with Crippen molar-refractivity contribution in [2.75, 3.05) is 12.9 Å². The van der Waals surface area contributed by atoms with Gasteiger partial charge >= 0.3 is 0 Å². The number of amides is 1. The fourth-order valence-corrected chi connectivity index (χ4v) is 3.20. The third-order valence-corrected chi connectivity index (χ3v) is 4.61. The molecular formula is C16H19NO2S. The molecule has 1 aromatic carbocycles. The van der Waals surface area contributed by atoms with Gasteiger partial charge in [-0.2, -0.15) is 11.8 Å². The quantitative estimate of drug-likeness (QED) is 0.837. The van der Waals surface area contributed by atoms with Crippen LogP contribution in [0.2, 0.25) is 0 Å². The summed E-state index contributed by atoms with van der Waals surface area (Å²) in [5.41, 5.74) is 1.46. The summed E-state index contributed by atoms with van der Waals surface area (Å²) in [7, 11) is 0. The van der Waals surface area contributed by atoms with E-state index in [2.05, 4.69) is 23.4 Å². The van der Waals surface area contributed by atoms with Gasteiger partial charge in [0, 0.05) is 22.4 Å². The Kier molecular flexibility index (Phi) is 5.51. The Balaban J connectivity index is 1.92. The highest BCUT2D eigenvalue weighted by Gasteiger charge is 2.25. The van der Waals surface area contributed by atoms with Crippen molar-refractivity contribution in [3.63, 3.8) is 0 Å². The molecule has 1 aliphatic carbocycles. The van der Waals surface area contributed by atoms with Gasteiger partial charge in [-0.3, -0.25) is 4.79 Å². The molecule has 1 fully saturated rings. The number of carbonyl (C=O) groups excluding carboxylic acids is 1. The van der Waals surface area contributed by atoms with Crippen LogP contribution in [0.25, 0.3) is 0 Å². The van der Waals surface area contributed by atoms with Crippen LogP contribution in [0.1, 0.15) is 35.2 Å². The Morgan fingerprint density at radius 1 is 1.40 bits per heavy atom. The zero-order chi connectivity index (χ0) is 14.4. The SMILES string of the molecule is CSC1CCC(NC(=O)c2ccc(C#CCO)cc2)C1. The van der Waals surface area contributed by atoms with Crippen LogP contribution in [-0.4, -0.2) is 35.2 Å². The Morgan fingerprint density at radius 3 is 2.75 bits per heavy atom. The maximum atomic E-state index is 12.1. The normalized spacial score (nSPS) is 21.1. The number of carbonyl (C=O) groups is 1. The smallest absolute Gasteiger partial charge is 0.251 e. The van der Waals surface area contributed by atoms with Gasteiger partial charge in [0.25, 0.3) is 5.91 Å². The van der Waals surface area contributed by atoms with Crippen LogP contribution < -0.4 is 5.32 Å². The first-order chi connectivity index (χ1) is 9.72. The fraction of sp³-hybridized carbons (Fsp3) is 0.438. The molecule has 3 nitrogen and oxygen atoms in total. The molecule has 20 heavy (non-hydrogen) atoms. The van der Waals surface area contributed by atoms with Crippen LogP contribution in [-0.2, 0) is 0 Å². The molecule has 0 radical (unpaired) electrons. The van der Waals surface area contributed by atoms with Crippen molar-refractivity contribution < 1.29 is 9.90 Å². The first-order valence-electron chi connectivity index (χ1n) is 6.76. The van der Waals surface area contributed by atoms with Gasteiger partial charge in [-0.25, -0.2) is 0 Å². The van der Waals surface area contributed by atoms with E-state index in [4.69, 9.17) is 5.11 Å². The summed E-state index contributed by atoms with van der Waals surface area (Å²) >= 11 is 1.88. The molecule has 4 heteroatoms. The Hall–Kier alpha value is -1.44. The molecule has 0 heterocycles. The van der Waals surface area contributed by atoms with Gasteiger partial charge in [-0.05, 0) is 49.8 Å². The third-order valence-electron chi connectivity index (χ3n) is 3.51. The van der Waals surface area contributed by atoms with Crippen molar-refractivity contribution in [1.29, 1.82) is 0 Å². The second-order valence-electron chi connectivity index (χ2n) is 4.88.